The molecular formula is C50H46F4O2. The SMILES string of the molecule is CCCC1CCC2C3=C1C(CCC)CCC3c1ccc(cc1)C(F)(F)Oc1ccc3ccccc3c1-c1c(ccc3ccccc13)OC(F)(F)c1ccc2cc1. The van der Waals surface area contributed by atoms with Gasteiger partial charge in [0.2, 0.25) is 0 Å². The van der Waals surface area contributed by atoms with E-state index in [9.17, 15) is 0 Å². The summed E-state index contributed by atoms with van der Waals surface area (Å²) in [5, 5.41) is 2.63. The maximum absolute atomic E-state index is 16.6. The normalized spacial score (nSPS) is 22.6. The average Bonchev–Trinajstić information content (AvgIpc) is 3.21. The highest BCUT2D eigenvalue weighted by molar-refractivity contribution is 6.09. The Hall–Kier alpha value is -5.10. The van der Waals surface area contributed by atoms with Gasteiger partial charge in [0.05, 0.1) is 11.1 Å². The number of fused-ring (bicyclic) bond motifs is 4. The quantitative estimate of drug-likeness (QED) is 0.132. The van der Waals surface area contributed by atoms with Crippen molar-refractivity contribution in [2.24, 2.45) is 11.8 Å². The molecule has 6 aromatic rings. The summed E-state index contributed by atoms with van der Waals surface area (Å²) in [4.78, 5) is 0. The standard InChI is InChI=1S/C50H46F4O2/c1-3-9-35-19-27-41-33-15-23-37(24-16-33)49(51,52)55-43-29-21-31-11-5-7-13-39(31)47(43)48-40-14-8-6-12-32(40)22-30-44(48)56-50(53,54)38-25-17-34(18-26-38)42-28-20-36(10-4-2)45(35)46(41)42/h5-8,11-18,21-26,29-30,35-36,41-42H,3-4,9-10,19-20,27-28H2,1-2H3. The van der Waals surface area contributed by atoms with Crippen LogP contribution in [0.3, 0.4) is 0 Å². The molecule has 0 spiro atoms. The van der Waals surface area contributed by atoms with Crippen molar-refractivity contribution >= 4 is 21.5 Å². The average molecular weight is 755 g/mol. The van der Waals surface area contributed by atoms with Gasteiger partial charge in [-0.2, -0.15) is 17.6 Å². The number of hydrogen-bond acceptors (Lipinski definition) is 2. The zero-order valence-corrected chi connectivity index (χ0v) is 31.8. The van der Waals surface area contributed by atoms with Gasteiger partial charge in [0, 0.05) is 23.0 Å². The molecule has 286 valence electrons. The van der Waals surface area contributed by atoms with Gasteiger partial charge in [-0.3, -0.25) is 0 Å². The van der Waals surface area contributed by atoms with Crippen molar-refractivity contribution in [3.63, 3.8) is 0 Å². The molecule has 4 unspecified atom stereocenters. The van der Waals surface area contributed by atoms with E-state index in [0.717, 1.165) is 73.3 Å². The van der Waals surface area contributed by atoms with Crippen molar-refractivity contribution in [3.8, 4) is 22.6 Å². The van der Waals surface area contributed by atoms with Gasteiger partial charge >= 0.3 is 12.2 Å². The monoisotopic (exact) mass is 754 g/mol. The molecule has 0 fully saturated rings. The van der Waals surface area contributed by atoms with Crippen LogP contribution < -0.4 is 9.47 Å². The van der Waals surface area contributed by atoms with Gasteiger partial charge in [0.15, 0.2) is 0 Å². The van der Waals surface area contributed by atoms with Crippen molar-refractivity contribution in [1.29, 1.82) is 0 Å². The van der Waals surface area contributed by atoms with E-state index in [4.69, 9.17) is 9.47 Å². The largest absolute Gasteiger partial charge is 0.428 e. The molecule has 6 aromatic carbocycles. The van der Waals surface area contributed by atoms with Crippen LogP contribution in [-0.4, -0.2) is 0 Å². The third-order valence-corrected chi connectivity index (χ3v) is 12.7. The molecule has 56 heavy (non-hydrogen) atoms. The Labute approximate surface area is 326 Å². The lowest BCUT2D eigenvalue weighted by Crippen LogP contribution is -2.31. The van der Waals surface area contributed by atoms with Gasteiger partial charge in [-0.1, -0.05) is 123 Å². The molecule has 0 aromatic heterocycles. The number of halogens is 4. The first-order valence-electron chi connectivity index (χ1n) is 20.3. The summed E-state index contributed by atoms with van der Waals surface area (Å²) in [7, 11) is 0. The molecule has 0 radical (unpaired) electrons. The van der Waals surface area contributed by atoms with E-state index < -0.39 is 12.2 Å². The van der Waals surface area contributed by atoms with Crippen LogP contribution in [-0.2, 0) is 12.2 Å². The molecular weight excluding hydrogens is 709 g/mol. The van der Waals surface area contributed by atoms with Crippen LogP contribution in [0.1, 0.15) is 99.3 Å². The van der Waals surface area contributed by atoms with Crippen LogP contribution in [0.25, 0.3) is 32.7 Å². The van der Waals surface area contributed by atoms with Crippen LogP contribution in [0.2, 0.25) is 0 Å². The molecule has 0 saturated carbocycles. The van der Waals surface area contributed by atoms with Gasteiger partial charge in [0.1, 0.15) is 11.5 Å². The van der Waals surface area contributed by atoms with E-state index in [-0.39, 0.29) is 45.6 Å². The summed E-state index contributed by atoms with van der Waals surface area (Å²) < 4.78 is 78.0. The lowest BCUT2D eigenvalue weighted by atomic mass is 9.59. The summed E-state index contributed by atoms with van der Waals surface area (Å²) in [6.07, 6.45) is 0.840. The number of rotatable bonds is 4. The van der Waals surface area contributed by atoms with Gasteiger partial charge < -0.3 is 9.47 Å². The smallest absolute Gasteiger partial charge is 0.426 e. The minimum atomic E-state index is -3.74. The van der Waals surface area contributed by atoms with E-state index >= 15 is 17.6 Å². The first kappa shape index (κ1) is 36.5. The fourth-order valence-corrected chi connectivity index (χ4v) is 10.2. The van der Waals surface area contributed by atoms with Crippen LogP contribution in [0, 0.1) is 11.8 Å². The lowest BCUT2D eigenvalue weighted by Gasteiger charge is -2.45. The summed E-state index contributed by atoms with van der Waals surface area (Å²) in [6, 6.07) is 34.5. The summed E-state index contributed by atoms with van der Waals surface area (Å²) in [6.45, 7) is 4.48. The van der Waals surface area contributed by atoms with E-state index in [1.54, 1.807) is 36.4 Å². The van der Waals surface area contributed by atoms with E-state index in [1.807, 2.05) is 48.5 Å². The Bertz CT molecular complexity index is 2260. The molecule has 6 heteroatoms. The topological polar surface area (TPSA) is 18.5 Å². The Morgan fingerprint density at radius 3 is 1.30 bits per heavy atom. The lowest BCUT2D eigenvalue weighted by molar-refractivity contribution is -0.186. The highest BCUT2D eigenvalue weighted by Crippen LogP contribution is 2.56. The first-order valence-corrected chi connectivity index (χ1v) is 20.3. The molecule has 3 aliphatic heterocycles. The second-order valence-electron chi connectivity index (χ2n) is 15.9. The number of ether oxygens (including phenoxy) is 2. The third-order valence-electron chi connectivity index (χ3n) is 12.7. The third kappa shape index (κ3) is 6.35. The molecule has 0 saturated heterocycles. The number of hydrogen-bond donors (Lipinski definition) is 0. The zero-order chi connectivity index (χ0) is 38.6. The number of alkyl halides is 4. The molecule has 2 nitrogen and oxygen atoms in total. The van der Waals surface area contributed by atoms with E-state index in [1.165, 1.54) is 47.5 Å². The fraction of sp³-hybridized carbons (Fsp3) is 0.320. The van der Waals surface area contributed by atoms with Gasteiger partial charge in [-0.15, -0.1) is 0 Å². The van der Waals surface area contributed by atoms with Crippen LogP contribution in [0.15, 0.2) is 132 Å². The maximum Gasteiger partial charge on any atom is 0.426 e. The highest BCUT2D eigenvalue weighted by atomic mass is 19.3. The molecule has 3 heterocycles. The van der Waals surface area contributed by atoms with Crippen molar-refractivity contribution in [2.45, 2.75) is 89.3 Å². The minimum Gasteiger partial charge on any atom is -0.428 e. The minimum absolute atomic E-state index is 0.0489. The fourth-order valence-electron chi connectivity index (χ4n) is 10.2. The second kappa shape index (κ2) is 14.4. The Morgan fingerprint density at radius 1 is 0.482 bits per heavy atom. The van der Waals surface area contributed by atoms with Crippen LogP contribution >= 0.6 is 0 Å². The molecule has 5 aliphatic rings. The Kier molecular flexibility index (Phi) is 9.42. The van der Waals surface area contributed by atoms with Crippen LogP contribution in [0.5, 0.6) is 11.5 Å². The van der Waals surface area contributed by atoms with Crippen molar-refractivity contribution < 1.29 is 27.0 Å². The molecule has 2 aliphatic carbocycles. The molecule has 0 amide bonds. The number of benzene rings is 6. The second-order valence-corrected chi connectivity index (χ2v) is 15.9. The highest BCUT2D eigenvalue weighted by Gasteiger charge is 2.43. The molecule has 4 atom stereocenters. The van der Waals surface area contributed by atoms with Crippen LogP contribution in [0.4, 0.5) is 17.6 Å². The van der Waals surface area contributed by atoms with Crippen molar-refractivity contribution in [2.75, 3.05) is 0 Å². The van der Waals surface area contributed by atoms with E-state index in [0.29, 0.717) is 22.6 Å². The summed E-state index contributed by atoms with van der Waals surface area (Å²) >= 11 is 0. The van der Waals surface area contributed by atoms with Crippen molar-refractivity contribution in [1.82, 2.24) is 0 Å². The molecule has 4 bridgehead atoms. The predicted molar refractivity (Wildman–Crippen MR) is 217 cm³/mol. The van der Waals surface area contributed by atoms with Crippen molar-refractivity contribution in [3.05, 3.63) is 155 Å². The first-order chi connectivity index (χ1) is 27.2. The molecule has 11 rings (SSSR count). The molecule has 0 N–H and O–H groups in total. The summed E-state index contributed by atoms with van der Waals surface area (Å²) in [5.74, 6) is 0.754. The summed E-state index contributed by atoms with van der Waals surface area (Å²) in [5.41, 5.74) is 4.90. The predicted octanol–water partition coefficient (Wildman–Crippen LogP) is 14.8. The Balaban J connectivity index is 1.29. The Morgan fingerprint density at radius 2 is 0.893 bits per heavy atom. The van der Waals surface area contributed by atoms with Gasteiger partial charge in [-0.05, 0) is 119 Å². The van der Waals surface area contributed by atoms with E-state index in [2.05, 4.69) is 13.8 Å². The maximum atomic E-state index is 16.6. The van der Waals surface area contributed by atoms with Gasteiger partial charge in [-0.25, -0.2) is 0 Å². The number of allylic oxidation sites excluding steroid dienone is 2. The van der Waals surface area contributed by atoms with Gasteiger partial charge in [0.25, 0.3) is 0 Å². The zero-order valence-electron chi connectivity index (χ0n) is 31.8.